The topological polar surface area (TPSA) is 66.4 Å². The average Bonchev–Trinajstić information content (AvgIpc) is 2.26. The van der Waals surface area contributed by atoms with E-state index in [4.69, 9.17) is 5.11 Å². The highest BCUT2D eigenvalue weighted by Crippen LogP contribution is 2.16. The van der Waals surface area contributed by atoms with Crippen molar-refractivity contribution in [2.75, 3.05) is 6.54 Å². The first-order valence-electron chi connectivity index (χ1n) is 4.88. The molecule has 4 nitrogen and oxygen atoms in total. The molecule has 18 heavy (non-hydrogen) atoms. The number of benzene rings is 1. The molecule has 6 heteroatoms. The van der Waals surface area contributed by atoms with Crippen LogP contribution in [0.4, 0.5) is 8.78 Å². The molecule has 1 rings (SSSR count). The number of carbonyl (C=O) groups is 2. The Bertz CT molecular complexity index is 558. The monoisotopic (exact) mass is 253 g/mol. The third-order valence-electron chi connectivity index (χ3n) is 1.95. The van der Waals surface area contributed by atoms with Crippen molar-refractivity contribution in [1.29, 1.82) is 0 Å². The zero-order chi connectivity index (χ0) is 13.7. The maximum Gasteiger partial charge on any atom is 0.341 e. The van der Waals surface area contributed by atoms with Crippen LogP contribution in [0, 0.1) is 23.5 Å². The van der Waals surface area contributed by atoms with Crippen LogP contribution >= 0.6 is 0 Å². The Morgan fingerprint density at radius 2 is 2.06 bits per heavy atom. The van der Waals surface area contributed by atoms with E-state index in [1.165, 1.54) is 6.92 Å². The highest BCUT2D eigenvalue weighted by atomic mass is 19.1. The summed E-state index contributed by atoms with van der Waals surface area (Å²) >= 11 is 0. The van der Waals surface area contributed by atoms with Gasteiger partial charge in [0, 0.05) is 6.92 Å². The number of aromatic carboxylic acids is 1. The molecule has 0 heterocycles. The van der Waals surface area contributed by atoms with Gasteiger partial charge in [-0.1, -0.05) is 11.8 Å². The Kier molecular flexibility index (Phi) is 4.38. The van der Waals surface area contributed by atoms with Crippen LogP contribution in [0.5, 0.6) is 0 Å². The van der Waals surface area contributed by atoms with Gasteiger partial charge in [-0.05, 0) is 12.1 Å². The van der Waals surface area contributed by atoms with Gasteiger partial charge in [0.2, 0.25) is 5.91 Å². The fourth-order valence-corrected chi connectivity index (χ4v) is 1.15. The smallest absolute Gasteiger partial charge is 0.341 e. The fraction of sp³-hybridized carbons (Fsp3) is 0.167. The number of hydrogen-bond donors (Lipinski definition) is 2. The zero-order valence-corrected chi connectivity index (χ0v) is 9.38. The SMILES string of the molecule is CC(=O)NCC#Cc1ccc(F)c(C(=O)O)c1F. The minimum Gasteiger partial charge on any atom is -0.477 e. The minimum atomic E-state index is -1.70. The van der Waals surface area contributed by atoms with Gasteiger partial charge in [0.15, 0.2) is 5.82 Å². The van der Waals surface area contributed by atoms with E-state index in [1.54, 1.807) is 0 Å². The highest BCUT2D eigenvalue weighted by molar-refractivity contribution is 5.88. The molecule has 0 bridgehead atoms. The molecule has 2 N–H and O–H groups in total. The molecule has 0 aliphatic carbocycles. The summed E-state index contributed by atoms with van der Waals surface area (Å²) < 4.78 is 26.6. The van der Waals surface area contributed by atoms with Gasteiger partial charge in [0.05, 0.1) is 12.1 Å². The Morgan fingerprint density at radius 1 is 1.39 bits per heavy atom. The summed E-state index contributed by atoms with van der Waals surface area (Å²) in [6.07, 6.45) is 0. The first-order valence-corrected chi connectivity index (χ1v) is 4.88. The Morgan fingerprint density at radius 3 is 2.61 bits per heavy atom. The molecule has 0 aliphatic heterocycles. The van der Waals surface area contributed by atoms with Crippen LogP contribution in [0.15, 0.2) is 12.1 Å². The summed E-state index contributed by atoms with van der Waals surface area (Å²) in [5, 5.41) is 11.0. The third kappa shape index (κ3) is 3.28. The van der Waals surface area contributed by atoms with Gasteiger partial charge >= 0.3 is 5.97 Å². The standard InChI is InChI=1S/C12H9F2NO3/c1-7(16)15-6-2-3-8-4-5-9(13)10(11(8)14)12(17)18/h4-5H,6H2,1H3,(H,15,16)(H,17,18). The molecule has 0 fully saturated rings. The molecule has 1 amide bonds. The second-order valence-corrected chi connectivity index (χ2v) is 3.30. The van der Waals surface area contributed by atoms with Gasteiger partial charge in [-0.25, -0.2) is 13.6 Å². The second kappa shape index (κ2) is 5.77. The quantitative estimate of drug-likeness (QED) is 0.777. The maximum atomic E-state index is 13.6. The van der Waals surface area contributed by atoms with E-state index in [2.05, 4.69) is 17.2 Å². The van der Waals surface area contributed by atoms with E-state index in [0.717, 1.165) is 12.1 Å². The number of carboxylic acids is 1. The van der Waals surface area contributed by atoms with Crippen LogP contribution in [0.25, 0.3) is 0 Å². The lowest BCUT2D eigenvalue weighted by molar-refractivity contribution is -0.118. The van der Waals surface area contributed by atoms with Crippen molar-refractivity contribution in [1.82, 2.24) is 5.32 Å². The molecular formula is C12H9F2NO3. The summed E-state index contributed by atoms with van der Waals surface area (Å²) in [6, 6.07) is 1.87. The summed E-state index contributed by atoms with van der Waals surface area (Å²) in [5.41, 5.74) is -1.28. The Hall–Kier alpha value is -2.42. The van der Waals surface area contributed by atoms with Gasteiger partial charge in [-0.2, -0.15) is 0 Å². The van der Waals surface area contributed by atoms with E-state index in [9.17, 15) is 18.4 Å². The van der Waals surface area contributed by atoms with Crippen molar-refractivity contribution >= 4 is 11.9 Å². The van der Waals surface area contributed by atoms with Crippen LogP contribution in [0.3, 0.4) is 0 Å². The van der Waals surface area contributed by atoms with Gasteiger partial charge in [-0.15, -0.1) is 0 Å². The maximum absolute atomic E-state index is 13.6. The number of carbonyl (C=O) groups excluding carboxylic acids is 1. The van der Waals surface area contributed by atoms with Crippen LogP contribution in [0.2, 0.25) is 0 Å². The largest absolute Gasteiger partial charge is 0.477 e. The number of nitrogens with one attached hydrogen (secondary N) is 1. The van der Waals surface area contributed by atoms with Crippen molar-refractivity contribution in [3.8, 4) is 11.8 Å². The molecule has 0 aliphatic rings. The highest BCUT2D eigenvalue weighted by Gasteiger charge is 2.18. The zero-order valence-electron chi connectivity index (χ0n) is 9.38. The molecule has 0 saturated carbocycles. The number of hydrogen-bond acceptors (Lipinski definition) is 2. The predicted octanol–water partition coefficient (Wildman–Crippen LogP) is 1.15. The molecule has 1 aromatic rings. The first-order chi connectivity index (χ1) is 8.43. The number of carboxylic acid groups (broad SMARTS) is 1. The van der Waals surface area contributed by atoms with Crippen LogP contribution in [0.1, 0.15) is 22.8 Å². The molecule has 1 aromatic carbocycles. The lowest BCUT2D eigenvalue weighted by Gasteiger charge is -2.01. The van der Waals surface area contributed by atoms with Crippen molar-refractivity contribution in [3.63, 3.8) is 0 Å². The van der Waals surface area contributed by atoms with Gasteiger partial charge < -0.3 is 10.4 Å². The van der Waals surface area contributed by atoms with Crippen molar-refractivity contribution in [3.05, 3.63) is 34.9 Å². The summed E-state index contributed by atoms with van der Waals surface area (Å²) in [4.78, 5) is 21.2. The van der Waals surface area contributed by atoms with Crippen molar-refractivity contribution in [2.45, 2.75) is 6.92 Å². The minimum absolute atomic E-state index is 0.00540. The summed E-state index contributed by atoms with van der Waals surface area (Å²) in [7, 11) is 0. The number of amides is 1. The van der Waals surface area contributed by atoms with Crippen LogP contribution in [-0.2, 0) is 4.79 Å². The first kappa shape index (κ1) is 13.6. The van der Waals surface area contributed by atoms with Crippen molar-refractivity contribution in [2.24, 2.45) is 0 Å². The van der Waals surface area contributed by atoms with E-state index in [-0.39, 0.29) is 18.0 Å². The van der Waals surface area contributed by atoms with E-state index >= 15 is 0 Å². The van der Waals surface area contributed by atoms with Crippen LogP contribution in [-0.4, -0.2) is 23.5 Å². The lowest BCUT2D eigenvalue weighted by Crippen LogP contribution is -2.19. The number of halogens is 2. The molecule has 0 aromatic heterocycles. The van der Waals surface area contributed by atoms with Gasteiger partial charge in [-0.3, -0.25) is 4.79 Å². The summed E-state index contributed by atoms with van der Waals surface area (Å²) in [6.45, 7) is 1.29. The molecule has 0 unspecified atom stereocenters. The third-order valence-corrected chi connectivity index (χ3v) is 1.95. The van der Waals surface area contributed by atoms with E-state index < -0.39 is 23.2 Å². The second-order valence-electron chi connectivity index (χ2n) is 3.30. The Labute approximate surface area is 102 Å². The fourth-order valence-electron chi connectivity index (χ4n) is 1.15. The predicted molar refractivity (Wildman–Crippen MR) is 58.9 cm³/mol. The van der Waals surface area contributed by atoms with Gasteiger partial charge in [0.1, 0.15) is 11.4 Å². The number of rotatable bonds is 2. The molecule has 0 saturated heterocycles. The molecule has 0 radical (unpaired) electrons. The molecular weight excluding hydrogens is 244 g/mol. The average molecular weight is 253 g/mol. The van der Waals surface area contributed by atoms with E-state index in [0.29, 0.717) is 0 Å². The molecule has 0 atom stereocenters. The van der Waals surface area contributed by atoms with Crippen molar-refractivity contribution < 1.29 is 23.5 Å². The lowest BCUT2D eigenvalue weighted by atomic mass is 10.1. The molecule has 0 spiro atoms. The summed E-state index contributed by atoms with van der Waals surface area (Å²) in [5.74, 6) is 0.364. The van der Waals surface area contributed by atoms with Gasteiger partial charge in [0.25, 0.3) is 0 Å². The van der Waals surface area contributed by atoms with Crippen LogP contribution < -0.4 is 5.32 Å². The molecule has 94 valence electrons. The Balaban J connectivity index is 3.01. The van der Waals surface area contributed by atoms with E-state index in [1.807, 2.05) is 0 Å². The normalized spacial score (nSPS) is 9.28.